The van der Waals surface area contributed by atoms with E-state index in [0.717, 1.165) is 57.8 Å². The largest absolute Gasteiger partial charge is 0.462 e. The van der Waals surface area contributed by atoms with Crippen molar-refractivity contribution in [1.82, 2.24) is 0 Å². The minimum Gasteiger partial charge on any atom is -0.462 e. The van der Waals surface area contributed by atoms with Crippen molar-refractivity contribution < 1.29 is 23.8 Å². The summed E-state index contributed by atoms with van der Waals surface area (Å²) < 4.78 is 17.3. The topological polar surface area (TPSA) is 61.8 Å². The molecule has 0 aliphatic heterocycles. The first-order valence-electron chi connectivity index (χ1n) is 25.5. The highest BCUT2D eigenvalue weighted by molar-refractivity contribution is 5.70. The predicted octanol–water partition coefficient (Wildman–Crippen LogP) is 17.0. The zero-order valence-electron chi connectivity index (χ0n) is 39.1. The molecule has 0 aromatic rings. The maximum Gasteiger partial charge on any atom is 0.306 e. The molecule has 0 N–H and O–H groups in total. The van der Waals surface area contributed by atoms with Gasteiger partial charge in [-0.2, -0.15) is 0 Å². The van der Waals surface area contributed by atoms with E-state index in [1.807, 2.05) is 0 Å². The summed E-state index contributed by atoms with van der Waals surface area (Å²) in [5, 5.41) is 0. The van der Waals surface area contributed by atoms with Gasteiger partial charge in [0.15, 0.2) is 6.10 Å². The van der Waals surface area contributed by atoms with Crippen molar-refractivity contribution in [3.05, 3.63) is 36.5 Å². The maximum absolute atomic E-state index is 12.7. The second-order valence-electron chi connectivity index (χ2n) is 17.1. The van der Waals surface area contributed by atoms with Crippen LogP contribution in [0.3, 0.4) is 0 Å². The number of esters is 2. The normalized spacial score (nSPS) is 12.4. The van der Waals surface area contributed by atoms with Gasteiger partial charge in [-0.25, -0.2) is 0 Å². The number of unbranched alkanes of at least 4 members (excludes halogenated alkanes) is 30. The minimum absolute atomic E-state index is 0.0812. The van der Waals surface area contributed by atoms with E-state index in [9.17, 15) is 9.59 Å². The molecule has 1 unspecified atom stereocenters. The first-order valence-corrected chi connectivity index (χ1v) is 25.5. The molecular weight excluding hydrogens is 717 g/mol. The summed E-state index contributed by atoms with van der Waals surface area (Å²) in [5.41, 5.74) is 0. The molecule has 0 spiro atoms. The molecule has 0 saturated heterocycles. The van der Waals surface area contributed by atoms with Crippen molar-refractivity contribution in [3.63, 3.8) is 0 Å². The standard InChI is InChI=1S/C53H98O5/c1-4-7-10-13-16-18-20-22-24-25-26-27-28-30-32-34-36-39-42-45-48-56-49-51(58-53(55)47-44-41-37-15-12-9-6-3)50-57-52(54)46-43-40-38-35-33-31-29-23-21-19-17-14-11-8-5-2/h17,19,22-24,29,51H,4-16,18,20-21,25-28,30-50H2,1-3H3/b19-17-,24-22-,29-23-. The lowest BCUT2D eigenvalue weighted by atomic mass is 10.1. The van der Waals surface area contributed by atoms with E-state index in [2.05, 4.69) is 57.2 Å². The van der Waals surface area contributed by atoms with Crippen LogP contribution >= 0.6 is 0 Å². The van der Waals surface area contributed by atoms with Crippen LogP contribution in [0, 0.1) is 0 Å². The molecular formula is C53H98O5. The number of hydrogen-bond acceptors (Lipinski definition) is 5. The molecule has 340 valence electrons. The lowest BCUT2D eigenvalue weighted by Crippen LogP contribution is -2.30. The van der Waals surface area contributed by atoms with Gasteiger partial charge in [0.2, 0.25) is 0 Å². The van der Waals surface area contributed by atoms with Crippen molar-refractivity contribution in [1.29, 1.82) is 0 Å². The summed E-state index contributed by atoms with van der Waals surface area (Å²) in [6.07, 6.45) is 58.8. The van der Waals surface area contributed by atoms with E-state index >= 15 is 0 Å². The van der Waals surface area contributed by atoms with E-state index < -0.39 is 6.10 Å². The second kappa shape index (κ2) is 49.5. The Bertz CT molecular complexity index is 924. The van der Waals surface area contributed by atoms with E-state index in [1.165, 1.54) is 173 Å². The molecule has 5 nitrogen and oxygen atoms in total. The summed E-state index contributed by atoms with van der Waals surface area (Å²) >= 11 is 0. The summed E-state index contributed by atoms with van der Waals surface area (Å²) in [4.78, 5) is 25.2. The van der Waals surface area contributed by atoms with Crippen LogP contribution in [0.2, 0.25) is 0 Å². The van der Waals surface area contributed by atoms with E-state index in [-0.39, 0.29) is 25.2 Å². The first kappa shape index (κ1) is 56.1. The highest BCUT2D eigenvalue weighted by atomic mass is 16.6. The molecule has 0 rings (SSSR count). The third-order valence-electron chi connectivity index (χ3n) is 11.1. The molecule has 0 saturated carbocycles. The summed E-state index contributed by atoms with van der Waals surface area (Å²) in [6, 6.07) is 0. The van der Waals surface area contributed by atoms with Gasteiger partial charge in [0.25, 0.3) is 0 Å². The third-order valence-corrected chi connectivity index (χ3v) is 11.1. The van der Waals surface area contributed by atoms with E-state index in [4.69, 9.17) is 14.2 Å². The Morgan fingerprint density at radius 1 is 0.379 bits per heavy atom. The fourth-order valence-corrected chi connectivity index (χ4v) is 7.30. The van der Waals surface area contributed by atoms with Gasteiger partial charge >= 0.3 is 11.9 Å². The molecule has 0 aromatic carbocycles. The Labute approximate surface area is 361 Å². The number of allylic oxidation sites excluding steroid dienone is 6. The Hall–Kier alpha value is -1.88. The lowest BCUT2D eigenvalue weighted by Gasteiger charge is -2.18. The van der Waals surface area contributed by atoms with Gasteiger partial charge in [-0.3, -0.25) is 9.59 Å². The van der Waals surface area contributed by atoms with Crippen molar-refractivity contribution in [3.8, 4) is 0 Å². The van der Waals surface area contributed by atoms with Gasteiger partial charge in [0.1, 0.15) is 6.61 Å². The van der Waals surface area contributed by atoms with Gasteiger partial charge < -0.3 is 14.2 Å². The first-order chi connectivity index (χ1) is 28.6. The number of carbonyl (C=O) groups is 2. The molecule has 0 fully saturated rings. The molecule has 0 amide bonds. The Morgan fingerprint density at radius 2 is 0.724 bits per heavy atom. The zero-order chi connectivity index (χ0) is 42.1. The van der Waals surface area contributed by atoms with Crippen LogP contribution in [0.4, 0.5) is 0 Å². The molecule has 0 bridgehead atoms. The van der Waals surface area contributed by atoms with Crippen molar-refractivity contribution in [2.75, 3.05) is 19.8 Å². The molecule has 0 aliphatic carbocycles. The highest BCUT2D eigenvalue weighted by Crippen LogP contribution is 2.14. The Balaban J connectivity index is 4.09. The van der Waals surface area contributed by atoms with Gasteiger partial charge in [-0.1, -0.05) is 211 Å². The van der Waals surface area contributed by atoms with Crippen LogP contribution in [-0.4, -0.2) is 37.9 Å². The predicted molar refractivity (Wildman–Crippen MR) is 252 cm³/mol. The smallest absolute Gasteiger partial charge is 0.306 e. The van der Waals surface area contributed by atoms with Crippen LogP contribution in [0.25, 0.3) is 0 Å². The van der Waals surface area contributed by atoms with Crippen molar-refractivity contribution >= 4 is 11.9 Å². The van der Waals surface area contributed by atoms with Crippen LogP contribution in [0.1, 0.15) is 265 Å². The SMILES string of the molecule is CCCCC/C=C\C/C=C\CCCCCCCC(=O)OCC(COCCCCCCCCCCCC/C=C\CCCCCCCC)OC(=O)CCCCCCCCC. The van der Waals surface area contributed by atoms with Gasteiger partial charge in [-0.15, -0.1) is 0 Å². The molecule has 0 aromatic heterocycles. The van der Waals surface area contributed by atoms with Crippen molar-refractivity contribution in [2.45, 2.75) is 271 Å². The van der Waals surface area contributed by atoms with Gasteiger partial charge in [-0.05, 0) is 77.0 Å². The zero-order valence-corrected chi connectivity index (χ0v) is 39.1. The average Bonchev–Trinajstić information content (AvgIpc) is 3.22. The third kappa shape index (κ3) is 46.8. The van der Waals surface area contributed by atoms with Gasteiger partial charge in [0, 0.05) is 19.4 Å². The summed E-state index contributed by atoms with van der Waals surface area (Å²) in [5.74, 6) is -0.410. The number of ether oxygens (including phenoxy) is 3. The molecule has 1 atom stereocenters. The number of rotatable bonds is 47. The van der Waals surface area contributed by atoms with Crippen LogP contribution in [0.5, 0.6) is 0 Å². The van der Waals surface area contributed by atoms with Crippen molar-refractivity contribution in [2.24, 2.45) is 0 Å². The fraction of sp³-hybridized carbons (Fsp3) is 0.849. The minimum atomic E-state index is -0.535. The molecule has 58 heavy (non-hydrogen) atoms. The molecule has 0 heterocycles. The lowest BCUT2D eigenvalue weighted by molar-refractivity contribution is -0.163. The van der Waals surface area contributed by atoms with Crippen LogP contribution < -0.4 is 0 Å². The quantitative estimate of drug-likeness (QED) is 0.0348. The second-order valence-corrected chi connectivity index (χ2v) is 17.1. The average molecular weight is 815 g/mol. The summed E-state index contributed by atoms with van der Waals surface area (Å²) in [7, 11) is 0. The summed E-state index contributed by atoms with van der Waals surface area (Å²) in [6.45, 7) is 7.78. The molecule has 5 heteroatoms. The monoisotopic (exact) mass is 815 g/mol. The molecule has 0 aliphatic rings. The van der Waals surface area contributed by atoms with Gasteiger partial charge in [0.05, 0.1) is 6.61 Å². The van der Waals surface area contributed by atoms with E-state index in [1.54, 1.807) is 0 Å². The fourth-order valence-electron chi connectivity index (χ4n) is 7.30. The van der Waals surface area contributed by atoms with Crippen LogP contribution in [0.15, 0.2) is 36.5 Å². The highest BCUT2D eigenvalue weighted by Gasteiger charge is 2.17. The number of carbonyl (C=O) groups excluding carboxylic acids is 2. The Morgan fingerprint density at radius 3 is 1.19 bits per heavy atom. The maximum atomic E-state index is 12.7. The Kier molecular flexibility index (Phi) is 47.9. The van der Waals surface area contributed by atoms with Crippen LogP contribution in [-0.2, 0) is 23.8 Å². The molecule has 0 radical (unpaired) electrons. The van der Waals surface area contributed by atoms with E-state index in [0.29, 0.717) is 19.4 Å². The number of hydrogen-bond donors (Lipinski definition) is 0.